The van der Waals surface area contributed by atoms with Crippen LogP contribution in [0.25, 0.3) is 0 Å². The Bertz CT molecular complexity index is 738. The fourth-order valence-electron chi connectivity index (χ4n) is 3.26. The van der Waals surface area contributed by atoms with Gasteiger partial charge in [-0.15, -0.1) is 0 Å². The molecule has 24 heavy (non-hydrogen) atoms. The second kappa shape index (κ2) is 6.19. The van der Waals surface area contributed by atoms with Crippen LogP contribution in [0.5, 0.6) is 11.5 Å². The maximum atomic E-state index is 12.6. The van der Waals surface area contributed by atoms with Gasteiger partial charge >= 0.3 is 0 Å². The van der Waals surface area contributed by atoms with E-state index >= 15 is 0 Å². The molecule has 0 unspecified atom stereocenters. The zero-order chi connectivity index (χ0) is 16.4. The van der Waals surface area contributed by atoms with Crippen molar-refractivity contribution in [3.63, 3.8) is 0 Å². The van der Waals surface area contributed by atoms with E-state index in [-0.39, 0.29) is 11.3 Å². The zero-order valence-electron chi connectivity index (χ0n) is 13.6. The predicted molar refractivity (Wildman–Crippen MR) is 91.5 cm³/mol. The summed E-state index contributed by atoms with van der Waals surface area (Å²) in [6.45, 7) is 1.82. The first-order valence-corrected chi connectivity index (χ1v) is 8.50. The predicted octanol–water partition coefficient (Wildman–Crippen LogP) is 2.85. The number of hydrogen-bond acceptors (Lipinski definition) is 3. The molecule has 124 valence electrons. The first-order valence-electron chi connectivity index (χ1n) is 8.50. The summed E-state index contributed by atoms with van der Waals surface area (Å²) >= 11 is 0. The second-order valence-corrected chi connectivity index (χ2v) is 6.43. The number of benzene rings is 2. The quantitative estimate of drug-likeness (QED) is 0.920. The molecular weight excluding hydrogens is 302 g/mol. The van der Waals surface area contributed by atoms with Gasteiger partial charge in [0.05, 0.1) is 5.41 Å². The Kier molecular flexibility index (Phi) is 3.89. The van der Waals surface area contributed by atoms with Gasteiger partial charge in [-0.3, -0.25) is 4.79 Å². The fraction of sp³-hybridized carbons (Fsp3) is 0.350. The van der Waals surface area contributed by atoms with E-state index in [1.165, 1.54) is 0 Å². The van der Waals surface area contributed by atoms with Gasteiger partial charge < -0.3 is 14.8 Å². The van der Waals surface area contributed by atoms with E-state index in [4.69, 9.17) is 9.47 Å². The first-order chi connectivity index (χ1) is 11.8. The average molecular weight is 323 g/mol. The van der Waals surface area contributed by atoms with Gasteiger partial charge in [0.25, 0.3) is 0 Å². The summed E-state index contributed by atoms with van der Waals surface area (Å²) in [7, 11) is 0. The highest BCUT2D eigenvalue weighted by Gasteiger charge is 2.50. The molecule has 2 aromatic rings. The van der Waals surface area contributed by atoms with Crippen LogP contribution in [0.15, 0.2) is 48.5 Å². The highest BCUT2D eigenvalue weighted by molar-refractivity contribution is 5.91. The van der Waals surface area contributed by atoms with Crippen LogP contribution in [-0.2, 0) is 16.6 Å². The molecule has 0 saturated heterocycles. The van der Waals surface area contributed by atoms with Crippen molar-refractivity contribution in [2.75, 3.05) is 19.8 Å². The molecule has 1 heterocycles. The van der Waals surface area contributed by atoms with E-state index in [1.807, 2.05) is 48.5 Å². The number of ether oxygens (including phenoxy) is 2. The van der Waals surface area contributed by atoms with Crippen molar-refractivity contribution in [2.24, 2.45) is 0 Å². The summed E-state index contributed by atoms with van der Waals surface area (Å²) in [5, 5.41) is 3.10. The molecule has 4 heteroatoms. The third-order valence-electron chi connectivity index (χ3n) is 4.82. The van der Waals surface area contributed by atoms with E-state index in [1.54, 1.807) is 0 Å². The minimum absolute atomic E-state index is 0.145. The van der Waals surface area contributed by atoms with Crippen molar-refractivity contribution >= 4 is 5.91 Å². The van der Waals surface area contributed by atoms with E-state index < -0.39 is 0 Å². The van der Waals surface area contributed by atoms with Gasteiger partial charge in [0.1, 0.15) is 13.2 Å². The summed E-state index contributed by atoms with van der Waals surface area (Å²) in [5.41, 5.74) is 1.97. The van der Waals surface area contributed by atoms with E-state index in [0.29, 0.717) is 19.8 Å². The Labute approximate surface area is 141 Å². The van der Waals surface area contributed by atoms with Crippen molar-refractivity contribution in [2.45, 2.75) is 24.7 Å². The van der Waals surface area contributed by atoms with Crippen LogP contribution in [0.3, 0.4) is 0 Å². The second-order valence-electron chi connectivity index (χ2n) is 6.43. The highest BCUT2D eigenvalue weighted by Crippen LogP contribution is 2.48. The van der Waals surface area contributed by atoms with Gasteiger partial charge in [0, 0.05) is 6.54 Å². The Morgan fingerprint density at radius 1 is 1.00 bits per heavy atom. The fourth-order valence-corrected chi connectivity index (χ4v) is 3.26. The van der Waals surface area contributed by atoms with Crippen molar-refractivity contribution in [3.05, 3.63) is 59.7 Å². The van der Waals surface area contributed by atoms with Crippen LogP contribution in [0.2, 0.25) is 0 Å². The van der Waals surface area contributed by atoms with Gasteiger partial charge in [0.15, 0.2) is 11.5 Å². The van der Waals surface area contributed by atoms with Gasteiger partial charge in [-0.1, -0.05) is 36.4 Å². The summed E-state index contributed by atoms with van der Waals surface area (Å²) in [4.78, 5) is 12.6. The Morgan fingerprint density at radius 3 is 2.50 bits per heavy atom. The van der Waals surface area contributed by atoms with Gasteiger partial charge in [0.2, 0.25) is 5.91 Å². The van der Waals surface area contributed by atoms with Crippen molar-refractivity contribution in [1.29, 1.82) is 0 Å². The summed E-state index contributed by atoms with van der Waals surface area (Å²) in [6, 6.07) is 16.1. The summed E-state index contributed by atoms with van der Waals surface area (Å²) in [6.07, 6.45) is 2.66. The molecule has 1 amide bonds. The SMILES string of the molecule is O=C(NCCc1ccc2c(c1)OCCO2)C1(c2ccccc2)CC1. The van der Waals surface area contributed by atoms with Crippen LogP contribution in [0, 0.1) is 0 Å². The molecular formula is C20H21NO3. The maximum Gasteiger partial charge on any atom is 0.230 e. The molecule has 1 fully saturated rings. The Balaban J connectivity index is 1.35. The lowest BCUT2D eigenvalue weighted by atomic mass is 9.95. The van der Waals surface area contributed by atoms with Crippen LogP contribution in [0.1, 0.15) is 24.0 Å². The number of rotatable bonds is 5. The smallest absolute Gasteiger partial charge is 0.230 e. The van der Waals surface area contributed by atoms with Gasteiger partial charge in [-0.25, -0.2) is 0 Å². The Morgan fingerprint density at radius 2 is 1.75 bits per heavy atom. The van der Waals surface area contributed by atoms with Crippen molar-refractivity contribution in [1.82, 2.24) is 5.32 Å². The summed E-state index contributed by atoms with van der Waals surface area (Å²) < 4.78 is 11.1. The molecule has 1 saturated carbocycles. The molecule has 4 rings (SSSR count). The minimum atomic E-state index is -0.298. The minimum Gasteiger partial charge on any atom is -0.486 e. The molecule has 0 aromatic heterocycles. The van der Waals surface area contributed by atoms with Crippen molar-refractivity contribution in [3.8, 4) is 11.5 Å². The number of amides is 1. The van der Waals surface area contributed by atoms with Crippen molar-refractivity contribution < 1.29 is 14.3 Å². The third kappa shape index (κ3) is 2.84. The van der Waals surface area contributed by atoms with Gasteiger partial charge in [-0.2, -0.15) is 0 Å². The molecule has 0 atom stereocenters. The monoisotopic (exact) mass is 323 g/mol. The van der Waals surface area contributed by atoms with Crippen LogP contribution >= 0.6 is 0 Å². The maximum absolute atomic E-state index is 12.6. The molecule has 2 aliphatic rings. The molecule has 4 nitrogen and oxygen atoms in total. The standard InChI is InChI=1S/C20H21NO3/c22-19(20(9-10-20)16-4-2-1-3-5-16)21-11-8-15-6-7-17-18(14-15)24-13-12-23-17/h1-7,14H,8-13H2,(H,21,22). The first kappa shape index (κ1) is 15.1. The molecule has 1 N–H and O–H groups in total. The zero-order valence-corrected chi connectivity index (χ0v) is 13.6. The molecule has 1 aliphatic heterocycles. The van der Waals surface area contributed by atoms with E-state index in [0.717, 1.165) is 41.9 Å². The average Bonchev–Trinajstić information content (AvgIpc) is 3.44. The number of hydrogen-bond donors (Lipinski definition) is 1. The lowest BCUT2D eigenvalue weighted by Crippen LogP contribution is -2.35. The van der Waals surface area contributed by atoms with Crippen LogP contribution < -0.4 is 14.8 Å². The molecule has 0 radical (unpaired) electrons. The van der Waals surface area contributed by atoms with Crippen LogP contribution in [-0.4, -0.2) is 25.7 Å². The third-order valence-corrected chi connectivity index (χ3v) is 4.82. The number of nitrogens with one attached hydrogen (secondary N) is 1. The normalized spacial score (nSPS) is 17.2. The molecule has 2 aromatic carbocycles. The van der Waals surface area contributed by atoms with Gasteiger partial charge in [-0.05, 0) is 42.5 Å². The number of carbonyl (C=O) groups excluding carboxylic acids is 1. The lowest BCUT2D eigenvalue weighted by Gasteiger charge is -2.19. The van der Waals surface area contributed by atoms with E-state index in [2.05, 4.69) is 5.32 Å². The number of carbonyl (C=O) groups is 1. The lowest BCUT2D eigenvalue weighted by molar-refractivity contribution is -0.123. The molecule has 0 bridgehead atoms. The molecule has 1 aliphatic carbocycles. The van der Waals surface area contributed by atoms with E-state index in [9.17, 15) is 4.79 Å². The summed E-state index contributed by atoms with van der Waals surface area (Å²) in [5.74, 6) is 1.74. The highest BCUT2D eigenvalue weighted by atomic mass is 16.6. The molecule has 0 spiro atoms. The largest absolute Gasteiger partial charge is 0.486 e. The van der Waals surface area contributed by atoms with Crippen LogP contribution in [0.4, 0.5) is 0 Å². The number of fused-ring (bicyclic) bond motifs is 1. The topological polar surface area (TPSA) is 47.6 Å². The Hall–Kier alpha value is -2.49.